The van der Waals surface area contributed by atoms with Crippen LogP contribution in [0.15, 0.2) is 53.5 Å². The highest BCUT2D eigenvalue weighted by Gasteiger charge is 2.47. The smallest absolute Gasteiger partial charge is 0.164 e. The van der Waals surface area contributed by atoms with Crippen LogP contribution in [0, 0.1) is 0 Å². The van der Waals surface area contributed by atoms with E-state index in [0.717, 1.165) is 22.4 Å². The van der Waals surface area contributed by atoms with Crippen molar-refractivity contribution in [2.75, 3.05) is 29.6 Å². The lowest BCUT2D eigenvalue weighted by Gasteiger charge is -2.28. The summed E-state index contributed by atoms with van der Waals surface area (Å²) in [6, 6.07) is 15.6. The van der Waals surface area contributed by atoms with Crippen molar-refractivity contribution in [2.45, 2.75) is 17.8 Å². The molecule has 0 radical (unpaired) electrons. The monoisotopic (exact) mass is 416 g/mol. The van der Waals surface area contributed by atoms with E-state index in [4.69, 9.17) is 14.5 Å². The molecule has 3 aliphatic rings. The van der Waals surface area contributed by atoms with Crippen LogP contribution in [0.4, 0.5) is 5.69 Å². The fourth-order valence-electron chi connectivity index (χ4n) is 3.84. The van der Waals surface area contributed by atoms with Crippen LogP contribution in [0.3, 0.4) is 0 Å². The van der Waals surface area contributed by atoms with Gasteiger partial charge in [-0.3, -0.25) is 4.99 Å². The van der Waals surface area contributed by atoms with Crippen LogP contribution in [-0.4, -0.2) is 50.4 Å². The number of amidine groups is 1. The Morgan fingerprint density at radius 1 is 1.04 bits per heavy atom. The number of hydrogen-bond donors (Lipinski definition) is 0. The number of fused-ring (bicyclic) bond motifs is 2. The van der Waals surface area contributed by atoms with Gasteiger partial charge < -0.3 is 14.4 Å². The standard InChI is InChI=1S/C20H20N2O4S2/c23-28(24)12-16-17(13-28)22(15-6-7-18-19(10-15)26-9-8-25-18)20(21-16)27-11-14-4-2-1-3-5-14/h1-7,10,16-17H,8-9,11-13H2/t16-,17+/m0/s1. The average Bonchev–Trinajstić information content (AvgIpc) is 3.17. The molecule has 6 nitrogen and oxygen atoms in total. The first-order chi connectivity index (χ1) is 13.6. The zero-order valence-electron chi connectivity index (χ0n) is 15.2. The molecule has 0 amide bonds. The molecule has 2 aromatic rings. The van der Waals surface area contributed by atoms with Gasteiger partial charge in [0.15, 0.2) is 26.5 Å². The van der Waals surface area contributed by atoms with Crippen molar-refractivity contribution in [3.05, 3.63) is 54.1 Å². The van der Waals surface area contributed by atoms with Gasteiger partial charge in [0.1, 0.15) is 13.2 Å². The quantitative estimate of drug-likeness (QED) is 0.766. The first-order valence-electron chi connectivity index (χ1n) is 9.23. The largest absolute Gasteiger partial charge is 0.486 e. The molecular weight excluding hydrogens is 396 g/mol. The van der Waals surface area contributed by atoms with Crippen molar-refractivity contribution >= 4 is 32.5 Å². The van der Waals surface area contributed by atoms with Gasteiger partial charge >= 0.3 is 0 Å². The van der Waals surface area contributed by atoms with Crippen LogP contribution in [-0.2, 0) is 15.6 Å². The lowest BCUT2D eigenvalue weighted by Crippen LogP contribution is -2.39. The molecule has 0 bridgehead atoms. The van der Waals surface area contributed by atoms with E-state index in [2.05, 4.69) is 17.0 Å². The van der Waals surface area contributed by atoms with Gasteiger partial charge in [0.05, 0.1) is 23.6 Å². The van der Waals surface area contributed by atoms with Crippen molar-refractivity contribution in [1.82, 2.24) is 0 Å². The fraction of sp³-hybridized carbons (Fsp3) is 0.350. The highest BCUT2D eigenvalue weighted by atomic mass is 32.2. The minimum atomic E-state index is -3.07. The number of thioether (sulfide) groups is 1. The van der Waals surface area contributed by atoms with Crippen LogP contribution < -0.4 is 14.4 Å². The molecule has 0 saturated carbocycles. The third-order valence-corrected chi connectivity index (χ3v) is 7.86. The van der Waals surface area contributed by atoms with E-state index in [1.54, 1.807) is 11.8 Å². The number of ether oxygens (including phenoxy) is 2. The second-order valence-electron chi connectivity index (χ2n) is 7.10. The molecule has 0 aromatic heterocycles. The Kier molecular flexibility index (Phi) is 4.47. The number of benzene rings is 2. The Labute approximate surface area is 168 Å². The molecule has 3 heterocycles. The fourth-order valence-corrected chi connectivity index (χ4v) is 6.76. The zero-order chi connectivity index (χ0) is 19.1. The Balaban J connectivity index is 1.46. The van der Waals surface area contributed by atoms with Crippen LogP contribution in [0.25, 0.3) is 0 Å². The molecule has 146 valence electrons. The average molecular weight is 417 g/mol. The highest BCUT2D eigenvalue weighted by molar-refractivity contribution is 8.13. The third-order valence-electron chi connectivity index (χ3n) is 5.12. The molecule has 5 rings (SSSR count). The molecule has 3 aliphatic heterocycles. The molecule has 0 spiro atoms. The van der Waals surface area contributed by atoms with Crippen molar-refractivity contribution < 1.29 is 17.9 Å². The summed E-state index contributed by atoms with van der Waals surface area (Å²) >= 11 is 1.64. The summed E-state index contributed by atoms with van der Waals surface area (Å²) in [4.78, 5) is 6.86. The lowest BCUT2D eigenvalue weighted by atomic mass is 10.1. The predicted octanol–water partition coefficient (Wildman–Crippen LogP) is 2.73. The second-order valence-corrected chi connectivity index (χ2v) is 10.2. The van der Waals surface area contributed by atoms with E-state index in [-0.39, 0.29) is 23.6 Å². The van der Waals surface area contributed by atoms with Crippen molar-refractivity contribution in [1.29, 1.82) is 0 Å². The molecule has 8 heteroatoms. The lowest BCUT2D eigenvalue weighted by molar-refractivity contribution is 0.171. The molecule has 1 saturated heterocycles. The topological polar surface area (TPSA) is 68.2 Å². The highest BCUT2D eigenvalue weighted by Crippen LogP contribution is 2.40. The molecule has 0 unspecified atom stereocenters. The maximum atomic E-state index is 12.2. The molecular formula is C20H20N2O4S2. The maximum Gasteiger partial charge on any atom is 0.164 e. The van der Waals surface area contributed by atoms with E-state index in [0.29, 0.717) is 19.0 Å². The van der Waals surface area contributed by atoms with Gasteiger partial charge in [-0.15, -0.1) is 0 Å². The van der Waals surface area contributed by atoms with Gasteiger partial charge in [-0.05, 0) is 17.7 Å². The van der Waals surface area contributed by atoms with E-state index in [1.165, 1.54) is 5.56 Å². The summed E-state index contributed by atoms with van der Waals surface area (Å²) in [6.45, 7) is 1.05. The van der Waals surface area contributed by atoms with Crippen molar-refractivity contribution in [3.8, 4) is 11.5 Å². The minimum Gasteiger partial charge on any atom is -0.486 e. The molecule has 0 aliphatic carbocycles. The number of anilines is 1. The Morgan fingerprint density at radius 3 is 2.64 bits per heavy atom. The Morgan fingerprint density at radius 2 is 1.82 bits per heavy atom. The SMILES string of the molecule is O=S1(=O)C[C@@H]2N=C(SCc3ccccc3)N(c3ccc4c(c3)OCCO4)[C@@H]2C1. The first-order valence-corrected chi connectivity index (χ1v) is 12.0. The van der Waals surface area contributed by atoms with Crippen molar-refractivity contribution in [3.63, 3.8) is 0 Å². The summed E-state index contributed by atoms with van der Waals surface area (Å²) in [5.41, 5.74) is 2.11. The number of hydrogen-bond acceptors (Lipinski definition) is 7. The van der Waals surface area contributed by atoms with Crippen LogP contribution in [0.2, 0.25) is 0 Å². The minimum absolute atomic E-state index is 0.119. The van der Waals surface area contributed by atoms with E-state index < -0.39 is 9.84 Å². The molecule has 2 atom stereocenters. The van der Waals surface area contributed by atoms with Crippen LogP contribution in [0.1, 0.15) is 5.56 Å². The van der Waals surface area contributed by atoms with Crippen LogP contribution >= 0.6 is 11.8 Å². The Hall–Kier alpha value is -2.19. The second kappa shape index (κ2) is 7.00. The normalized spacial score (nSPS) is 24.7. The Bertz CT molecular complexity index is 1020. The third kappa shape index (κ3) is 3.35. The first kappa shape index (κ1) is 17.9. The summed E-state index contributed by atoms with van der Waals surface area (Å²) < 4.78 is 35.7. The van der Waals surface area contributed by atoms with Crippen LogP contribution in [0.5, 0.6) is 11.5 Å². The van der Waals surface area contributed by atoms with E-state index in [1.807, 2.05) is 36.4 Å². The molecule has 0 N–H and O–H groups in total. The maximum absolute atomic E-state index is 12.2. The van der Waals surface area contributed by atoms with Gasteiger partial charge in [-0.1, -0.05) is 42.1 Å². The number of nitrogens with zero attached hydrogens (tertiary/aromatic N) is 2. The molecule has 2 aromatic carbocycles. The summed E-state index contributed by atoms with van der Waals surface area (Å²) in [6.07, 6.45) is 0. The summed E-state index contributed by atoms with van der Waals surface area (Å²) in [5.74, 6) is 2.45. The van der Waals surface area contributed by atoms with Gasteiger partial charge in [0, 0.05) is 17.5 Å². The number of aliphatic imine (C=N–C) groups is 1. The van der Waals surface area contributed by atoms with Gasteiger partial charge in [-0.2, -0.15) is 0 Å². The summed E-state index contributed by atoms with van der Waals surface area (Å²) in [5, 5.41) is 0.866. The van der Waals surface area contributed by atoms with E-state index >= 15 is 0 Å². The zero-order valence-corrected chi connectivity index (χ0v) is 16.8. The number of rotatable bonds is 3. The van der Waals surface area contributed by atoms with Gasteiger partial charge in [0.25, 0.3) is 0 Å². The van der Waals surface area contributed by atoms with E-state index in [9.17, 15) is 8.42 Å². The summed E-state index contributed by atoms with van der Waals surface area (Å²) in [7, 11) is -3.07. The molecule has 28 heavy (non-hydrogen) atoms. The van der Waals surface area contributed by atoms with Gasteiger partial charge in [-0.25, -0.2) is 8.42 Å². The predicted molar refractivity (Wildman–Crippen MR) is 111 cm³/mol. The van der Waals surface area contributed by atoms with Gasteiger partial charge in [0.2, 0.25) is 0 Å². The van der Waals surface area contributed by atoms with Crippen molar-refractivity contribution in [2.24, 2.45) is 4.99 Å². The number of sulfone groups is 1. The molecule has 1 fully saturated rings.